The second-order valence-corrected chi connectivity index (χ2v) is 8.32. The van der Waals surface area contributed by atoms with Crippen molar-refractivity contribution in [2.75, 3.05) is 34.3 Å². The maximum atomic E-state index is 13.6. The van der Waals surface area contributed by atoms with Crippen LogP contribution in [0, 0.1) is 5.82 Å². The van der Waals surface area contributed by atoms with E-state index in [1.54, 1.807) is 18.2 Å². The van der Waals surface area contributed by atoms with E-state index in [1.165, 1.54) is 47.2 Å². The molecular formula is C25H25FN2O5. The zero-order valence-corrected chi connectivity index (χ0v) is 18.7. The number of fused-ring (bicyclic) bond motifs is 1. The molecule has 1 amide bonds. The Morgan fingerprint density at radius 3 is 2.61 bits per heavy atom. The number of ketones is 1. The minimum Gasteiger partial charge on any atom is -0.868 e. The van der Waals surface area contributed by atoms with Crippen molar-refractivity contribution in [1.29, 1.82) is 0 Å². The molecule has 0 aliphatic carbocycles. The van der Waals surface area contributed by atoms with Gasteiger partial charge in [-0.25, -0.2) is 4.39 Å². The molecule has 0 bridgehead atoms. The molecule has 0 fully saturated rings. The van der Waals surface area contributed by atoms with Gasteiger partial charge in [0.05, 0.1) is 33.8 Å². The molecule has 1 aliphatic rings. The number of rotatable bonds is 8. The molecule has 1 N–H and O–H groups in total. The molecule has 2 heterocycles. The average Bonchev–Trinajstić information content (AvgIpc) is 3.34. The number of hydrogen-bond acceptors (Lipinski definition) is 5. The van der Waals surface area contributed by atoms with Crippen molar-refractivity contribution in [1.82, 2.24) is 4.90 Å². The van der Waals surface area contributed by atoms with Gasteiger partial charge in [0.15, 0.2) is 17.1 Å². The molecule has 7 nitrogen and oxygen atoms in total. The first-order valence-electron chi connectivity index (χ1n) is 10.7. The van der Waals surface area contributed by atoms with Gasteiger partial charge in [0.25, 0.3) is 0 Å². The minimum atomic E-state index is -0.912. The highest BCUT2D eigenvalue weighted by atomic mass is 19.1. The zero-order valence-electron chi connectivity index (χ0n) is 18.7. The number of para-hydroxylation sites is 1. The smallest absolute Gasteiger partial charge is 0.239 e. The van der Waals surface area contributed by atoms with Crippen LogP contribution < -0.4 is 14.7 Å². The van der Waals surface area contributed by atoms with Crippen molar-refractivity contribution in [2.24, 2.45) is 0 Å². The third-order valence-electron chi connectivity index (χ3n) is 5.74. The van der Waals surface area contributed by atoms with Crippen LogP contribution in [0.15, 0.2) is 64.3 Å². The van der Waals surface area contributed by atoms with Gasteiger partial charge in [0.2, 0.25) is 11.7 Å². The van der Waals surface area contributed by atoms with Crippen molar-refractivity contribution < 1.29 is 33.1 Å². The summed E-state index contributed by atoms with van der Waals surface area (Å²) >= 11 is 0. The molecule has 2 aromatic carbocycles. The summed E-state index contributed by atoms with van der Waals surface area (Å²) in [5.74, 6) is -2.32. The Morgan fingerprint density at radius 1 is 1.21 bits per heavy atom. The monoisotopic (exact) mass is 452 g/mol. The summed E-state index contributed by atoms with van der Waals surface area (Å²) in [6.45, 7) is 1.07. The van der Waals surface area contributed by atoms with Gasteiger partial charge in [0, 0.05) is 23.9 Å². The fourth-order valence-corrected chi connectivity index (χ4v) is 4.14. The highest BCUT2D eigenvalue weighted by Gasteiger charge is 2.40. The highest BCUT2D eigenvalue weighted by Crippen LogP contribution is 2.39. The number of hydrogen-bond donors (Lipinski definition) is 1. The number of furan rings is 1. The van der Waals surface area contributed by atoms with Crippen LogP contribution in [0.3, 0.4) is 0 Å². The topological polar surface area (TPSA) is 87.2 Å². The number of carbonyl (C=O) groups excluding carboxylic acids is 2. The van der Waals surface area contributed by atoms with Crippen molar-refractivity contribution in [2.45, 2.75) is 12.5 Å². The van der Waals surface area contributed by atoms with E-state index < -0.39 is 29.3 Å². The number of amides is 1. The van der Waals surface area contributed by atoms with E-state index in [4.69, 9.17) is 9.15 Å². The van der Waals surface area contributed by atoms with Gasteiger partial charge in [-0.1, -0.05) is 24.3 Å². The summed E-state index contributed by atoms with van der Waals surface area (Å²) in [4.78, 5) is 29.0. The molecule has 0 saturated heterocycles. The lowest BCUT2D eigenvalue weighted by Gasteiger charge is -2.27. The van der Waals surface area contributed by atoms with Crippen LogP contribution in [-0.2, 0) is 4.79 Å². The van der Waals surface area contributed by atoms with Crippen molar-refractivity contribution in [3.8, 4) is 5.75 Å². The van der Waals surface area contributed by atoms with E-state index in [2.05, 4.69) is 0 Å². The number of carbonyl (C=O) groups is 2. The summed E-state index contributed by atoms with van der Waals surface area (Å²) in [5, 5.41) is 13.7. The van der Waals surface area contributed by atoms with E-state index in [-0.39, 0.29) is 11.3 Å². The molecule has 172 valence electrons. The molecule has 8 heteroatoms. The summed E-state index contributed by atoms with van der Waals surface area (Å²) in [5.41, 5.74) is 0.677. The molecule has 3 aromatic rings. The predicted molar refractivity (Wildman–Crippen MR) is 117 cm³/mol. The molecule has 1 aromatic heterocycles. The molecule has 1 unspecified atom stereocenters. The number of nitrogens with one attached hydrogen (secondary N) is 1. The van der Waals surface area contributed by atoms with Crippen LogP contribution in [0.1, 0.15) is 28.6 Å². The van der Waals surface area contributed by atoms with Crippen molar-refractivity contribution in [3.05, 3.63) is 77.0 Å². The number of Topliss-reactive ketones (excluding diaryl/α,β-unsaturated/α-hetero) is 1. The van der Waals surface area contributed by atoms with E-state index in [1.807, 2.05) is 14.1 Å². The van der Waals surface area contributed by atoms with Gasteiger partial charge in [-0.3, -0.25) is 9.59 Å². The fourth-order valence-electron chi connectivity index (χ4n) is 4.14. The first-order valence-corrected chi connectivity index (χ1v) is 10.7. The van der Waals surface area contributed by atoms with E-state index >= 15 is 0 Å². The van der Waals surface area contributed by atoms with Gasteiger partial charge in [0.1, 0.15) is 5.82 Å². The van der Waals surface area contributed by atoms with Crippen LogP contribution in [-0.4, -0.2) is 50.9 Å². The lowest BCUT2D eigenvalue weighted by Crippen LogP contribution is -3.05. The molecular weight excluding hydrogens is 427 g/mol. The van der Waals surface area contributed by atoms with Crippen LogP contribution in [0.4, 0.5) is 4.39 Å². The molecule has 0 spiro atoms. The van der Waals surface area contributed by atoms with Gasteiger partial charge in [-0.05, 0) is 35.6 Å². The average molecular weight is 452 g/mol. The lowest BCUT2D eigenvalue weighted by molar-refractivity contribution is -0.858. The Labute approximate surface area is 190 Å². The Balaban J connectivity index is 1.76. The second-order valence-electron chi connectivity index (χ2n) is 8.32. The Bertz CT molecular complexity index is 1230. The maximum absolute atomic E-state index is 13.6. The third-order valence-corrected chi connectivity index (χ3v) is 5.74. The SMILES string of the molecule is COc1cccc2cc(C(=O)C3=C([O-])C(=O)N(CCC[NH+](C)C)C3c3ccc(F)cc3)oc12. The van der Waals surface area contributed by atoms with Crippen molar-refractivity contribution >= 4 is 22.7 Å². The minimum absolute atomic E-state index is 0.0580. The van der Waals surface area contributed by atoms with Gasteiger partial charge in [-0.2, -0.15) is 0 Å². The van der Waals surface area contributed by atoms with Crippen LogP contribution >= 0.6 is 0 Å². The number of halogens is 1. The van der Waals surface area contributed by atoms with Crippen LogP contribution in [0.25, 0.3) is 11.0 Å². The molecule has 33 heavy (non-hydrogen) atoms. The maximum Gasteiger partial charge on any atom is 0.239 e. The van der Waals surface area contributed by atoms with Gasteiger partial charge < -0.3 is 24.1 Å². The summed E-state index contributed by atoms with van der Waals surface area (Å²) in [6.07, 6.45) is 0.641. The van der Waals surface area contributed by atoms with Crippen LogP contribution in [0.5, 0.6) is 5.75 Å². The third kappa shape index (κ3) is 4.21. The number of methoxy groups -OCH3 is 1. The van der Waals surface area contributed by atoms with E-state index in [0.29, 0.717) is 35.2 Å². The largest absolute Gasteiger partial charge is 0.868 e. The van der Waals surface area contributed by atoms with Crippen LogP contribution in [0.2, 0.25) is 0 Å². The molecule has 1 atom stereocenters. The summed E-state index contributed by atoms with van der Waals surface area (Å²) in [7, 11) is 5.47. The Hall–Kier alpha value is -3.65. The number of nitrogens with zero attached hydrogens (tertiary/aromatic N) is 1. The van der Waals surface area contributed by atoms with Gasteiger partial charge in [-0.15, -0.1) is 0 Å². The summed E-state index contributed by atoms with van der Waals surface area (Å²) < 4.78 is 24.6. The highest BCUT2D eigenvalue weighted by molar-refractivity contribution is 6.15. The normalized spacial score (nSPS) is 16.3. The quantitative estimate of drug-likeness (QED) is 0.524. The first-order chi connectivity index (χ1) is 15.8. The number of benzene rings is 2. The molecule has 0 radical (unpaired) electrons. The molecule has 4 rings (SSSR count). The lowest BCUT2D eigenvalue weighted by atomic mass is 9.95. The van der Waals surface area contributed by atoms with Gasteiger partial charge >= 0.3 is 0 Å². The number of quaternary nitrogens is 1. The van der Waals surface area contributed by atoms with Crippen molar-refractivity contribution in [3.63, 3.8) is 0 Å². The zero-order chi connectivity index (χ0) is 23.7. The second kappa shape index (κ2) is 9.07. The number of ether oxygens (including phenoxy) is 1. The van der Waals surface area contributed by atoms with E-state index in [9.17, 15) is 19.1 Å². The standard InChI is InChI=1S/C25H25FN2O5/c1-27(2)12-5-13-28-21(15-8-10-17(26)11-9-15)20(23(30)25(28)31)22(29)19-14-16-6-4-7-18(32-3)24(16)33-19/h4,6-11,14,21,30H,5,12-13H2,1-3H3. The molecule has 0 saturated carbocycles. The molecule has 1 aliphatic heterocycles. The summed E-state index contributed by atoms with van der Waals surface area (Å²) in [6, 6.07) is 11.3. The fraction of sp³-hybridized carbons (Fsp3) is 0.280. The Kier molecular flexibility index (Phi) is 6.20. The first kappa shape index (κ1) is 22.5. The Morgan fingerprint density at radius 2 is 1.94 bits per heavy atom. The van der Waals surface area contributed by atoms with E-state index in [0.717, 1.165) is 6.54 Å². The predicted octanol–water partition coefficient (Wildman–Crippen LogP) is 1.50.